The van der Waals surface area contributed by atoms with E-state index in [0.717, 1.165) is 6.42 Å². The summed E-state index contributed by atoms with van der Waals surface area (Å²) in [6.07, 6.45) is 27.7. The predicted molar refractivity (Wildman–Crippen MR) is 138 cm³/mol. The molecule has 0 bridgehead atoms. The molecule has 0 heterocycles. The van der Waals surface area contributed by atoms with Gasteiger partial charge in [0.05, 0.1) is 19.8 Å². The minimum Gasteiger partial charge on any atom is -0.462 e. The molecule has 4 nitrogen and oxygen atoms in total. The van der Waals surface area contributed by atoms with Crippen molar-refractivity contribution in [3.8, 4) is 0 Å². The first kappa shape index (κ1) is 33.3. The molecule has 0 aromatic rings. The standard InChI is InChI=1S/C26H50O2.C2H6O2/c1-4-5-6-7-8-9-10-11-12-13-14-15-16-17-18-19-20-21-22-23-24-28-26(27)25(2)3;3-1-2-4/h2,4-24H2,1,3H3;3-4H,1-2H2. The van der Waals surface area contributed by atoms with Crippen LogP contribution in [0.4, 0.5) is 0 Å². The van der Waals surface area contributed by atoms with E-state index in [1.54, 1.807) is 6.92 Å². The Morgan fingerprint density at radius 2 is 0.875 bits per heavy atom. The topological polar surface area (TPSA) is 66.8 Å². The molecule has 0 unspecified atom stereocenters. The van der Waals surface area contributed by atoms with Crippen LogP contribution in [-0.4, -0.2) is 36.0 Å². The van der Waals surface area contributed by atoms with Crippen LogP contribution in [0.25, 0.3) is 0 Å². The average molecular weight is 457 g/mol. The maximum Gasteiger partial charge on any atom is 0.333 e. The lowest BCUT2D eigenvalue weighted by molar-refractivity contribution is -0.139. The Kier molecular flexibility index (Phi) is 31.4. The van der Waals surface area contributed by atoms with Crippen LogP contribution in [0.5, 0.6) is 0 Å². The number of hydrogen-bond donors (Lipinski definition) is 2. The van der Waals surface area contributed by atoms with Gasteiger partial charge >= 0.3 is 5.97 Å². The van der Waals surface area contributed by atoms with E-state index in [-0.39, 0.29) is 19.2 Å². The zero-order valence-corrected chi connectivity index (χ0v) is 21.7. The molecule has 0 aromatic carbocycles. The lowest BCUT2D eigenvalue weighted by atomic mass is 10.0. The molecule has 4 heteroatoms. The van der Waals surface area contributed by atoms with Crippen LogP contribution >= 0.6 is 0 Å². The maximum absolute atomic E-state index is 11.2. The fraction of sp³-hybridized carbons (Fsp3) is 0.893. The first-order chi connectivity index (χ1) is 15.6. The van der Waals surface area contributed by atoms with Crippen LogP contribution in [0.15, 0.2) is 12.2 Å². The molecule has 0 aliphatic heterocycles. The smallest absolute Gasteiger partial charge is 0.333 e. The molecule has 0 saturated heterocycles. The molecule has 0 saturated carbocycles. The largest absolute Gasteiger partial charge is 0.462 e. The van der Waals surface area contributed by atoms with Gasteiger partial charge in [0.1, 0.15) is 0 Å². The van der Waals surface area contributed by atoms with Crippen LogP contribution in [-0.2, 0) is 9.53 Å². The summed E-state index contributed by atoms with van der Waals surface area (Å²) in [5, 5.41) is 15.2. The summed E-state index contributed by atoms with van der Waals surface area (Å²) in [4.78, 5) is 11.2. The van der Waals surface area contributed by atoms with Crippen LogP contribution in [0.3, 0.4) is 0 Å². The van der Waals surface area contributed by atoms with Crippen molar-refractivity contribution in [2.45, 2.75) is 142 Å². The third kappa shape index (κ3) is 31.3. The van der Waals surface area contributed by atoms with E-state index in [0.29, 0.717) is 12.2 Å². The van der Waals surface area contributed by atoms with Gasteiger partial charge in [0.15, 0.2) is 0 Å². The van der Waals surface area contributed by atoms with Crippen molar-refractivity contribution >= 4 is 5.97 Å². The van der Waals surface area contributed by atoms with Crippen LogP contribution in [0.2, 0.25) is 0 Å². The number of aliphatic hydroxyl groups excluding tert-OH is 2. The van der Waals surface area contributed by atoms with Crippen molar-refractivity contribution in [2.24, 2.45) is 0 Å². The average Bonchev–Trinajstić information content (AvgIpc) is 2.80. The minimum absolute atomic E-state index is 0.125. The number of carbonyl (C=O) groups excluding carboxylic acids is 1. The molecule has 0 aliphatic carbocycles. The SMILES string of the molecule is C=C(C)C(=O)OCCCCCCCCCCCCCCCCCCCCCC.OCCO. The number of esters is 1. The fourth-order valence-electron chi connectivity index (χ4n) is 3.65. The number of aliphatic hydroxyl groups is 2. The first-order valence-corrected chi connectivity index (χ1v) is 13.6. The Labute approximate surface area is 200 Å². The number of hydrogen-bond acceptors (Lipinski definition) is 4. The summed E-state index contributed by atoms with van der Waals surface area (Å²) >= 11 is 0. The third-order valence-electron chi connectivity index (χ3n) is 5.68. The molecule has 0 aliphatic rings. The summed E-state index contributed by atoms with van der Waals surface area (Å²) in [6, 6.07) is 0. The van der Waals surface area contributed by atoms with E-state index < -0.39 is 0 Å². The highest BCUT2D eigenvalue weighted by atomic mass is 16.5. The summed E-state index contributed by atoms with van der Waals surface area (Å²) in [5.41, 5.74) is 0.494. The number of unbranched alkanes of at least 4 members (excludes halogenated alkanes) is 19. The Balaban J connectivity index is 0. The van der Waals surface area contributed by atoms with Gasteiger partial charge in [-0.25, -0.2) is 4.79 Å². The molecule has 0 rings (SSSR count). The van der Waals surface area contributed by atoms with Crippen molar-refractivity contribution in [3.05, 3.63) is 12.2 Å². The van der Waals surface area contributed by atoms with E-state index in [4.69, 9.17) is 14.9 Å². The third-order valence-corrected chi connectivity index (χ3v) is 5.68. The monoisotopic (exact) mass is 456 g/mol. The molecular formula is C28H56O4. The maximum atomic E-state index is 11.2. The summed E-state index contributed by atoms with van der Waals surface area (Å²) in [7, 11) is 0. The molecular weight excluding hydrogens is 400 g/mol. The van der Waals surface area contributed by atoms with E-state index in [1.807, 2.05) is 0 Å². The molecule has 2 N–H and O–H groups in total. The second kappa shape index (κ2) is 30.1. The zero-order valence-electron chi connectivity index (χ0n) is 21.7. The van der Waals surface area contributed by atoms with E-state index >= 15 is 0 Å². The van der Waals surface area contributed by atoms with Crippen molar-refractivity contribution in [1.82, 2.24) is 0 Å². The molecule has 192 valence electrons. The Hall–Kier alpha value is -0.870. The fourth-order valence-corrected chi connectivity index (χ4v) is 3.65. The first-order valence-electron chi connectivity index (χ1n) is 13.6. The molecule has 32 heavy (non-hydrogen) atoms. The summed E-state index contributed by atoms with van der Waals surface area (Å²) < 4.78 is 5.10. The second-order valence-corrected chi connectivity index (χ2v) is 9.08. The van der Waals surface area contributed by atoms with Crippen molar-refractivity contribution < 1.29 is 19.7 Å². The van der Waals surface area contributed by atoms with Crippen molar-refractivity contribution in [3.63, 3.8) is 0 Å². The molecule has 0 amide bonds. The van der Waals surface area contributed by atoms with Crippen molar-refractivity contribution in [1.29, 1.82) is 0 Å². The number of carbonyl (C=O) groups is 1. The lowest BCUT2D eigenvalue weighted by Crippen LogP contribution is -2.05. The van der Waals surface area contributed by atoms with Gasteiger partial charge in [-0.2, -0.15) is 0 Å². The van der Waals surface area contributed by atoms with Crippen LogP contribution < -0.4 is 0 Å². The predicted octanol–water partition coefficient (Wildman–Crippen LogP) is 7.90. The second-order valence-electron chi connectivity index (χ2n) is 9.08. The van der Waals surface area contributed by atoms with Gasteiger partial charge in [-0.3, -0.25) is 0 Å². The van der Waals surface area contributed by atoms with E-state index in [1.165, 1.54) is 122 Å². The van der Waals surface area contributed by atoms with Crippen LogP contribution in [0.1, 0.15) is 142 Å². The normalized spacial score (nSPS) is 10.5. The van der Waals surface area contributed by atoms with Gasteiger partial charge in [0.25, 0.3) is 0 Å². The molecule has 0 spiro atoms. The van der Waals surface area contributed by atoms with Gasteiger partial charge in [0, 0.05) is 5.57 Å². The minimum atomic E-state index is -0.252. The highest BCUT2D eigenvalue weighted by Gasteiger charge is 2.01. The quantitative estimate of drug-likeness (QED) is 0.0931. The summed E-state index contributed by atoms with van der Waals surface area (Å²) in [6.45, 7) is 7.87. The van der Waals surface area contributed by atoms with Gasteiger partial charge in [-0.1, -0.05) is 135 Å². The Morgan fingerprint density at radius 1 is 0.594 bits per heavy atom. The zero-order chi connectivity index (χ0) is 24.1. The van der Waals surface area contributed by atoms with Crippen molar-refractivity contribution in [2.75, 3.05) is 19.8 Å². The Morgan fingerprint density at radius 3 is 1.12 bits per heavy atom. The van der Waals surface area contributed by atoms with Gasteiger partial charge in [-0.05, 0) is 13.3 Å². The Bertz CT molecular complexity index is 380. The number of ether oxygens (including phenoxy) is 1. The lowest BCUT2D eigenvalue weighted by Gasteiger charge is -2.05. The molecule has 0 atom stereocenters. The number of rotatable bonds is 23. The van der Waals surface area contributed by atoms with E-state index in [2.05, 4.69) is 13.5 Å². The molecule has 0 fully saturated rings. The molecule has 0 radical (unpaired) electrons. The molecule has 0 aromatic heterocycles. The van der Waals surface area contributed by atoms with Gasteiger partial charge < -0.3 is 14.9 Å². The van der Waals surface area contributed by atoms with Gasteiger partial charge in [-0.15, -0.1) is 0 Å². The van der Waals surface area contributed by atoms with E-state index in [9.17, 15) is 4.79 Å². The highest BCUT2D eigenvalue weighted by Crippen LogP contribution is 2.14. The highest BCUT2D eigenvalue weighted by molar-refractivity contribution is 5.86. The summed E-state index contributed by atoms with van der Waals surface area (Å²) in [5.74, 6) is -0.252. The van der Waals surface area contributed by atoms with Crippen LogP contribution in [0, 0.1) is 0 Å². The van der Waals surface area contributed by atoms with Gasteiger partial charge in [0.2, 0.25) is 0 Å².